The summed E-state index contributed by atoms with van der Waals surface area (Å²) in [6.45, 7) is 2.70. The molecule has 1 saturated carbocycles. The van der Waals surface area contributed by atoms with E-state index in [2.05, 4.69) is 6.92 Å². The van der Waals surface area contributed by atoms with Gasteiger partial charge in [-0.25, -0.2) is 0 Å². The molecule has 2 aromatic rings. The minimum Gasteiger partial charge on any atom is -0.333 e. The maximum Gasteiger partial charge on any atom is 0.270 e. The van der Waals surface area contributed by atoms with Crippen molar-refractivity contribution in [3.63, 3.8) is 0 Å². The quantitative estimate of drug-likeness (QED) is 0.387. The molecular formula is C26H27N3O5. The van der Waals surface area contributed by atoms with E-state index in [1.54, 1.807) is 0 Å². The van der Waals surface area contributed by atoms with E-state index in [-0.39, 0.29) is 35.2 Å². The van der Waals surface area contributed by atoms with E-state index in [0.29, 0.717) is 12.5 Å². The first-order chi connectivity index (χ1) is 16.4. The monoisotopic (exact) mass is 461 g/mol. The summed E-state index contributed by atoms with van der Waals surface area (Å²) in [5, 5.41) is 11.2. The zero-order valence-electron chi connectivity index (χ0n) is 19.1. The number of imide groups is 1. The van der Waals surface area contributed by atoms with Crippen molar-refractivity contribution >= 4 is 23.4 Å². The zero-order chi connectivity index (χ0) is 24.0. The van der Waals surface area contributed by atoms with Gasteiger partial charge in [0.05, 0.1) is 28.6 Å². The molecule has 3 aliphatic rings. The molecule has 2 aromatic carbocycles. The Morgan fingerprint density at radius 1 is 1.06 bits per heavy atom. The van der Waals surface area contributed by atoms with Crippen LogP contribution in [0.5, 0.6) is 0 Å². The van der Waals surface area contributed by atoms with Crippen molar-refractivity contribution < 1.29 is 19.3 Å². The molecule has 2 aliphatic heterocycles. The van der Waals surface area contributed by atoms with E-state index >= 15 is 0 Å². The number of fused-ring (bicyclic) bond motifs is 2. The van der Waals surface area contributed by atoms with Gasteiger partial charge in [0.2, 0.25) is 5.91 Å². The summed E-state index contributed by atoms with van der Waals surface area (Å²) in [6.07, 6.45) is 4.80. The summed E-state index contributed by atoms with van der Waals surface area (Å²) >= 11 is 0. The van der Waals surface area contributed by atoms with Gasteiger partial charge < -0.3 is 4.90 Å². The van der Waals surface area contributed by atoms with Gasteiger partial charge in [-0.1, -0.05) is 44.0 Å². The fourth-order valence-corrected chi connectivity index (χ4v) is 5.74. The number of nitro benzene ring substituents is 1. The molecule has 0 radical (unpaired) electrons. The summed E-state index contributed by atoms with van der Waals surface area (Å²) in [4.78, 5) is 53.6. The normalized spacial score (nSPS) is 24.1. The maximum absolute atomic E-state index is 13.7. The smallest absolute Gasteiger partial charge is 0.270 e. The summed E-state index contributed by atoms with van der Waals surface area (Å²) in [7, 11) is 0. The number of amides is 3. The second-order valence-electron chi connectivity index (χ2n) is 9.57. The number of hydrogen-bond acceptors (Lipinski definition) is 5. The molecule has 176 valence electrons. The van der Waals surface area contributed by atoms with Gasteiger partial charge in [-0.2, -0.15) is 0 Å². The Morgan fingerprint density at radius 3 is 2.56 bits per heavy atom. The lowest BCUT2D eigenvalue weighted by Crippen LogP contribution is -2.49. The van der Waals surface area contributed by atoms with Crippen LogP contribution in [0, 0.1) is 22.0 Å². The van der Waals surface area contributed by atoms with Crippen LogP contribution >= 0.6 is 0 Å². The van der Waals surface area contributed by atoms with E-state index in [1.807, 2.05) is 29.2 Å². The highest BCUT2D eigenvalue weighted by molar-refractivity contribution is 6.21. The van der Waals surface area contributed by atoms with Crippen LogP contribution in [0.1, 0.15) is 70.5 Å². The molecule has 0 saturated heterocycles. The van der Waals surface area contributed by atoms with Crippen LogP contribution in [0.2, 0.25) is 0 Å². The van der Waals surface area contributed by atoms with Crippen LogP contribution in [0.15, 0.2) is 42.5 Å². The summed E-state index contributed by atoms with van der Waals surface area (Å²) in [6, 6.07) is 11.2. The van der Waals surface area contributed by atoms with Crippen molar-refractivity contribution in [2.24, 2.45) is 11.8 Å². The number of nitro groups is 1. The number of nitrogens with zero attached hydrogens (tertiary/aromatic N) is 3. The van der Waals surface area contributed by atoms with E-state index < -0.39 is 22.8 Å². The molecule has 1 aliphatic carbocycles. The van der Waals surface area contributed by atoms with Gasteiger partial charge in [-0.05, 0) is 42.4 Å². The van der Waals surface area contributed by atoms with Gasteiger partial charge >= 0.3 is 0 Å². The summed E-state index contributed by atoms with van der Waals surface area (Å²) < 4.78 is 0. The van der Waals surface area contributed by atoms with E-state index in [4.69, 9.17) is 0 Å². The molecule has 3 atom stereocenters. The zero-order valence-corrected chi connectivity index (χ0v) is 19.1. The van der Waals surface area contributed by atoms with Crippen molar-refractivity contribution in [3.05, 3.63) is 74.8 Å². The molecular weight excluding hydrogens is 434 g/mol. The van der Waals surface area contributed by atoms with Crippen molar-refractivity contribution in [2.75, 3.05) is 13.1 Å². The summed E-state index contributed by atoms with van der Waals surface area (Å²) in [5.74, 6) is -0.675. The number of non-ortho nitro benzene ring substituents is 1. The molecule has 2 heterocycles. The predicted molar refractivity (Wildman–Crippen MR) is 124 cm³/mol. The highest BCUT2D eigenvalue weighted by atomic mass is 16.6. The molecule has 0 spiro atoms. The van der Waals surface area contributed by atoms with E-state index in [0.717, 1.165) is 54.2 Å². The topological polar surface area (TPSA) is 101 Å². The Hall–Kier alpha value is -3.55. The predicted octanol–water partition coefficient (Wildman–Crippen LogP) is 4.14. The molecule has 34 heavy (non-hydrogen) atoms. The molecule has 5 rings (SSSR count). The number of carbonyl (C=O) groups is 3. The maximum atomic E-state index is 13.7. The number of carbonyl (C=O) groups excluding carboxylic acids is 3. The van der Waals surface area contributed by atoms with Crippen molar-refractivity contribution in [2.45, 2.75) is 45.1 Å². The van der Waals surface area contributed by atoms with Crippen LogP contribution in [0.25, 0.3) is 0 Å². The Labute approximate surface area is 197 Å². The average molecular weight is 462 g/mol. The first-order valence-corrected chi connectivity index (χ1v) is 11.9. The first kappa shape index (κ1) is 22.3. The van der Waals surface area contributed by atoms with Crippen LogP contribution in [0.4, 0.5) is 5.69 Å². The fourth-order valence-electron chi connectivity index (χ4n) is 5.74. The highest BCUT2D eigenvalue weighted by Crippen LogP contribution is 2.38. The van der Waals surface area contributed by atoms with E-state index in [9.17, 15) is 24.5 Å². The van der Waals surface area contributed by atoms with Crippen LogP contribution in [-0.4, -0.2) is 45.5 Å². The third kappa shape index (κ3) is 3.67. The highest BCUT2D eigenvalue weighted by Gasteiger charge is 2.42. The molecule has 0 N–H and O–H groups in total. The Bertz CT molecular complexity index is 1190. The van der Waals surface area contributed by atoms with Crippen molar-refractivity contribution in [3.8, 4) is 0 Å². The number of rotatable bonds is 4. The first-order valence-electron chi connectivity index (χ1n) is 11.9. The van der Waals surface area contributed by atoms with Gasteiger partial charge in [-0.15, -0.1) is 0 Å². The third-order valence-electron chi connectivity index (χ3n) is 7.64. The number of benzene rings is 2. The Morgan fingerprint density at radius 2 is 1.79 bits per heavy atom. The van der Waals surface area contributed by atoms with Crippen LogP contribution < -0.4 is 0 Å². The molecule has 0 aromatic heterocycles. The van der Waals surface area contributed by atoms with Gasteiger partial charge in [0.25, 0.3) is 17.5 Å². The van der Waals surface area contributed by atoms with Gasteiger partial charge in [0.1, 0.15) is 0 Å². The Kier molecular flexibility index (Phi) is 5.67. The standard InChI is InChI=1S/C26H27N3O5/c1-16-6-2-4-8-19(16)24(30)27-13-12-17-7-3-5-9-20(17)23(27)15-28-25(31)21-11-10-18(29(33)34)14-22(21)26(28)32/h3,5,7,9-11,14,16,19,23H,2,4,6,8,12-13,15H2,1H3. The lowest BCUT2D eigenvalue weighted by Gasteiger charge is -2.42. The van der Waals surface area contributed by atoms with Crippen molar-refractivity contribution in [1.29, 1.82) is 0 Å². The van der Waals surface area contributed by atoms with Gasteiger partial charge in [-0.3, -0.25) is 29.4 Å². The lowest BCUT2D eigenvalue weighted by atomic mass is 9.78. The second kappa shape index (κ2) is 8.66. The lowest BCUT2D eigenvalue weighted by molar-refractivity contribution is -0.384. The molecule has 8 nitrogen and oxygen atoms in total. The molecule has 3 amide bonds. The second-order valence-corrected chi connectivity index (χ2v) is 9.57. The Balaban J connectivity index is 1.48. The molecule has 1 fully saturated rings. The molecule has 8 heteroatoms. The van der Waals surface area contributed by atoms with Gasteiger partial charge in [0, 0.05) is 24.6 Å². The van der Waals surface area contributed by atoms with E-state index in [1.165, 1.54) is 12.1 Å². The third-order valence-corrected chi connectivity index (χ3v) is 7.64. The fraction of sp³-hybridized carbons (Fsp3) is 0.423. The molecule has 0 bridgehead atoms. The minimum absolute atomic E-state index is 0.0317. The average Bonchev–Trinajstić information content (AvgIpc) is 3.08. The van der Waals surface area contributed by atoms with Crippen LogP contribution in [-0.2, 0) is 11.2 Å². The van der Waals surface area contributed by atoms with Gasteiger partial charge in [0.15, 0.2) is 0 Å². The SMILES string of the molecule is CC1CCCCC1C(=O)N1CCc2ccccc2C1CN1C(=O)c2ccc([N+](=O)[O-])cc2C1=O. The van der Waals surface area contributed by atoms with Crippen LogP contribution in [0.3, 0.4) is 0 Å². The van der Waals surface area contributed by atoms with Crippen molar-refractivity contribution in [1.82, 2.24) is 9.80 Å². The summed E-state index contributed by atoms with van der Waals surface area (Å²) in [5.41, 5.74) is 2.04. The minimum atomic E-state index is -0.580. The largest absolute Gasteiger partial charge is 0.333 e. The number of hydrogen-bond donors (Lipinski definition) is 0. The molecule has 3 unspecified atom stereocenters.